The summed E-state index contributed by atoms with van der Waals surface area (Å²) in [4.78, 5) is 2.29. The quantitative estimate of drug-likeness (QED) is 0.731. The molecule has 2 nitrogen and oxygen atoms in total. The SMILES string of the molecule is FC(F)(F)Oc1ccc(CN(CCCl)C2CCC2)cc1. The van der Waals surface area contributed by atoms with E-state index in [9.17, 15) is 13.2 Å². The first kappa shape index (κ1) is 15.4. The maximum absolute atomic E-state index is 12.1. The molecule has 0 radical (unpaired) electrons. The number of benzene rings is 1. The van der Waals surface area contributed by atoms with E-state index < -0.39 is 6.36 Å². The fraction of sp³-hybridized carbons (Fsp3) is 0.571. The zero-order valence-corrected chi connectivity index (χ0v) is 11.8. The van der Waals surface area contributed by atoms with Crippen LogP contribution in [0, 0.1) is 0 Å². The molecule has 0 atom stereocenters. The van der Waals surface area contributed by atoms with Crippen LogP contribution in [0.5, 0.6) is 5.75 Å². The molecule has 0 aliphatic heterocycles. The average Bonchev–Trinajstić information content (AvgIpc) is 2.28. The average molecular weight is 308 g/mol. The number of rotatable bonds is 6. The second-order valence-corrected chi connectivity index (χ2v) is 5.31. The van der Waals surface area contributed by atoms with Crippen molar-refractivity contribution in [3.05, 3.63) is 29.8 Å². The molecule has 1 aliphatic carbocycles. The summed E-state index contributed by atoms with van der Waals surface area (Å²) in [6, 6.07) is 6.59. The van der Waals surface area contributed by atoms with Crippen LogP contribution in [0.15, 0.2) is 24.3 Å². The number of nitrogens with zero attached hydrogens (tertiary/aromatic N) is 1. The molecule has 0 spiro atoms. The highest BCUT2D eigenvalue weighted by Gasteiger charge is 2.31. The number of hydrogen-bond donors (Lipinski definition) is 0. The van der Waals surface area contributed by atoms with Gasteiger partial charge in [-0.2, -0.15) is 0 Å². The van der Waals surface area contributed by atoms with Gasteiger partial charge in [-0.15, -0.1) is 24.8 Å². The lowest BCUT2D eigenvalue weighted by Gasteiger charge is -2.37. The minimum atomic E-state index is -4.64. The number of ether oxygens (including phenoxy) is 1. The molecule has 0 amide bonds. The Kier molecular flexibility index (Phi) is 5.16. The summed E-state index contributed by atoms with van der Waals surface area (Å²) < 4.78 is 40.1. The minimum Gasteiger partial charge on any atom is -0.406 e. The van der Waals surface area contributed by atoms with Crippen LogP contribution in [-0.4, -0.2) is 29.7 Å². The molecule has 20 heavy (non-hydrogen) atoms. The molecule has 0 bridgehead atoms. The normalized spacial score (nSPS) is 16.2. The van der Waals surface area contributed by atoms with Crippen LogP contribution in [0.3, 0.4) is 0 Å². The first-order chi connectivity index (χ1) is 9.48. The third-order valence-electron chi connectivity index (χ3n) is 3.51. The lowest BCUT2D eigenvalue weighted by atomic mass is 9.91. The molecular formula is C14H17ClF3NO. The summed E-state index contributed by atoms with van der Waals surface area (Å²) in [5.41, 5.74) is 0.969. The van der Waals surface area contributed by atoms with Gasteiger partial charge in [0.15, 0.2) is 0 Å². The minimum absolute atomic E-state index is 0.186. The molecule has 0 unspecified atom stereocenters. The molecule has 0 saturated heterocycles. The third kappa shape index (κ3) is 4.56. The van der Waals surface area contributed by atoms with Crippen molar-refractivity contribution in [1.82, 2.24) is 4.90 Å². The summed E-state index contributed by atoms with van der Waals surface area (Å²) >= 11 is 5.80. The monoisotopic (exact) mass is 307 g/mol. The van der Waals surface area contributed by atoms with Crippen molar-refractivity contribution in [3.63, 3.8) is 0 Å². The van der Waals surface area contributed by atoms with E-state index in [0.717, 1.165) is 12.1 Å². The van der Waals surface area contributed by atoms with Gasteiger partial charge in [-0.3, -0.25) is 4.90 Å². The highest BCUT2D eigenvalue weighted by molar-refractivity contribution is 6.18. The summed E-state index contributed by atoms with van der Waals surface area (Å²) in [6.45, 7) is 1.51. The molecule has 1 aromatic rings. The van der Waals surface area contributed by atoms with E-state index in [1.165, 1.54) is 31.4 Å². The second-order valence-electron chi connectivity index (χ2n) is 4.94. The molecule has 0 aromatic heterocycles. The van der Waals surface area contributed by atoms with E-state index in [1.54, 1.807) is 12.1 Å². The van der Waals surface area contributed by atoms with Gasteiger partial charge in [-0.1, -0.05) is 18.6 Å². The van der Waals surface area contributed by atoms with E-state index in [1.807, 2.05) is 0 Å². The molecular weight excluding hydrogens is 291 g/mol. The molecule has 0 heterocycles. The Morgan fingerprint density at radius 3 is 2.30 bits per heavy atom. The number of halogens is 4. The van der Waals surface area contributed by atoms with Gasteiger partial charge in [-0.25, -0.2) is 0 Å². The molecule has 2 rings (SSSR count). The first-order valence-electron chi connectivity index (χ1n) is 6.62. The smallest absolute Gasteiger partial charge is 0.406 e. The lowest BCUT2D eigenvalue weighted by Crippen LogP contribution is -2.40. The van der Waals surface area contributed by atoms with E-state index in [-0.39, 0.29) is 5.75 Å². The van der Waals surface area contributed by atoms with Crippen molar-refractivity contribution in [2.75, 3.05) is 12.4 Å². The summed E-state index contributed by atoms with van der Waals surface area (Å²) in [5, 5.41) is 0. The number of hydrogen-bond acceptors (Lipinski definition) is 2. The molecule has 1 aliphatic rings. The Labute approximate surface area is 121 Å². The van der Waals surface area contributed by atoms with Crippen molar-refractivity contribution in [2.45, 2.75) is 38.2 Å². The van der Waals surface area contributed by atoms with Gasteiger partial charge in [0.25, 0.3) is 0 Å². The molecule has 6 heteroatoms. The highest BCUT2D eigenvalue weighted by atomic mass is 35.5. The Hall–Kier alpha value is -0.940. The molecule has 1 fully saturated rings. The van der Waals surface area contributed by atoms with Gasteiger partial charge in [0.2, 0.25) is 0 Å². The van der Waals surface area contributed by atoms with Crippen molar-refractivity contribution in [1.29, 1.82) is 0 Å². The van der Waals surface area contributed by atoms with Crippen LogP contribution in [0.2, 0.25) is 0 Å². The van der Waals surface area contributed by atoms with Crippen molar-refractivity contribution < 1.29 is 17.9 Å². The highest BCUT2D eigenvalue weighted by Crippen LogP contribution is 2.27. The van der Waals surface area contributed by atoms with E-state index in [4.69, 9.17) is 11.6 Å². The van der Waals surface area contributed by atoms with Gasteiger partial charge in [0.05, 0.1) is 0 Å². The van der Waals surface area contributed by atoms with Gasteiger partial charge in [-0.05, 0) is 30.5 Å². The summed E-state index contributed by atoms with van der Waals surface area (Å²) in [7, 11) is 0. The Balaban J connectivity index is 1.94. The van der Waals surface area contributed by atoms with Crippen LogP contribution >= 0.6 is 11.6 Å². The maximum Gasteiger partial charge on any atom is 0.573 e. The van der Waals surface area contributed by atoms with Crippen LogP contribution in [0.1, 0.15) is 24.8 Å². The first-order valence-corrected chi connectivity index (χ1v) is 7.16. The molecule has 1 saturated carbocycles. The van der Waals surface area contributed by atoms with Crippen LogP contribution in [0.4, 0.5) is 13.2 Å². The molecule has 1 aromatic carbocycles. The topological polar surface area (TPSA) is 12.5 Å². The van der Waals surface area contributed by atoms with Gasteiger partial charge >= 0.3 is 6.36 Å². The lowest BCUT2D eigenvalue weighted by molar-refractivity contribution is -0.274. The summed E-state index contributed by atoms with van der Waals surface area (Å²) in [6.07, 6.45) is -1.06. The fourth-order valence-corrected chi connectivity index (χ4v) is 2.50. The Morgan fingerprint density at radius 2 is 1.85 bits per heavy atom. The molecule has 112 valence electrons. The van der Waals surface area contributed by atoms with Crippen molar-refractivity contribution >= 4 is 11.6 Å². The third-order valence-corrected chi connectivity index (χ3v) is 3.67. The number of alkyl halides is 4. The predicted molar refractivity (Wildman–Crippen MR) is 71.9 cm³/mol. The van der Waals surface area contributed by atoms with Crippen LogP contribution < -0.4 is 4.74 Å². The second kappa shape index (κ2) is 6.68. The van der Waals surface area contributed by atoms with Gasteiger partial charge in [0, 0.05) is 25.0 Å². The van der Waals surface area contributed by atoms with Crippen LogP contribution in [0.25, 0.3) is 0 Å². The zero-order chi connectivity index (χ0) is 14.6. The Bertz CT molecular complexity index is 417. The molecule has 0 N–H and O–H groups in total. The zero-order valence-electron chi connectivity index (χ0n) is 11.0. The fourth-order valence-electron chi connectivity index (χ4n) is 2.28. The Morgan fingerprint density at radius 1 is 1.20 bits per heavy atom. The van der Waals surface area contributed by atoms with Crippen molar-refractivity contribution in [2.24, 2.45) is 0 Å². The van der Waals surface area contributed by atoms with E-state index in [2.05, 4.69) is 9.64 Å². The maximum atomic E-state index is 12.1. The van der Waals surface area contributed by atoms with Gasteiger partial charge < -0.3 is 4.74 Å². The largest absolute Gasteiger partial charge is 0.573 e. The van der Waals surface area contributed by atoms with Crippen LogP contribution in [-0.2, 0) is 6.54 Å². The summed E-state index contributed by atoms with van der Waals surface area (Å²) in [5.74, 6) is 0.375. The van der Waals surface area contributed by atoms with Gasteiger partial charge in [0.1, 0.15) is 5.75 Å². The van der Waals surface area contributed by atoms with E-state index in [0.29, 0.717) is 18.5 Å². The van der Waals surface area contributed by atoms with E-state index >= 15 is 0 Å². The van der Waals surface area contributed by atoms with Crippen molar-refractivity contribution in [3.8, 4) is 5.75 Å². The predicted octanol–water partition coefficient (Wildman–Crippen LogP) is 4.18. The standard InChI is InChI=1S/C14H17ClF3NO/c15-8-9-19(12-2-1-3-12)10-11-4-6-13(7-5-11)20-14(16,17)18/h4-7,12H,1-3,8-10H2.